The second-order valence-electron chi connectivity index (χ2n) is 7.62. The Morgan fingerprint density at radius 1 is 1.05 bits per heavy atom. The van der Waals surface area contributed by atoms with E-state index in [2.05, 4.69) is 43.4 Å². The van der Waals surface area contributed by atoms with Gasteiger partial charge >= 0.3 is 0 Å². The maximum absolute atomic E-state index is 4.01. The lowest BCUT2D eigenvalue weighted by molar-refractivity contribution is 0.187. The molecule has 2 aliphatic carbocycles. The van der Waals surface area contributed by atoms with Crippen molar-refractivity contribution >= 4 is 0 Å². The monoisotopic (exact) mass is 271 g/mol. The summed E-state index contributed by atoms with van der Waals surface area (Å²) in [5.41, 5.74) is 3.69. The van der Waals surface area contributed by atoms with Crippen LogP contribution in [-0.4, -0.2) is 6.04 Å². The van der Waals surface area contributed by atoms with Gasteiger partial charge in [0.15, 0.2) is 0 Å². The van der Waals surface area contributed by atoms with Crippen LogP contribution in [0.15, 0.2) is 24.3 Å². The molecular weight excluding hydrogens is 242 g/mol. The lowest BCUT2D eigenvalue weighted by Gasteiger charge is -2.37. The van der Waals surface area contributed by atoms with E-state index in [9.17, 15) is 0 Å². The molecule has 0 saturated heterocycles. The summed E-state index contributed by atoms with van der Waals surface area (Å²) in [5, 5.41) is 4.01. The molecule has 0 aliphatic heterocycles. The van der Waals surface area contributed by atoms with E-state index in [-0.39, 0.29) is 0 Å². The molecule has 110 valence electrons. The number of fused-ring (bicyclic) bond motifs is 1. The summed E-state index contributed by atoms with van der Waals surface area (Å²) in [6, 6.07) is 10.4. The number of benzene rings is 1. The third kappa shape index (κ3) is 3.25. The smallest absolute Gasteiger partial charge is 0.0325 e. The molecule has 1 saturated carbocycles. The van der Waals surface area contributed by atoms with Gasteiger partial charge in [-0.15, -0.1) is 0 Å². The summed E-state index contributed by atoms with van der Waals surface area (Å²) in [6.07, 6.45) is 10.8. The first-order chi connectivity index (χ1) is 9.64. The number of hydrogen-bond acceptors (Lipinski definition) is 1. The molecule has 1 fully saturated rings. The lowest BCUT2D eigenvalue weighted by atomic mass is 9.75. The summed E-state index contributed by atoms with van der Waals surface area (Å²) < 4.78 is 0. The van der Waals surface area contributed by atoms with Crippen LogP contribution in [0.5, 0.6) is 0 Å². The quantitative estimate of drug-likeness (QED) is 0.745. The van der Waals surface area contributed by atoms with Gasteiger partial charge in [0.25, 0.3) is 0 Å². The van der Waals surface area contributed by atoms with E-state index in [4.69, 9.17) is 0 Å². The van der Waals surface area contributed by atoms with E-state index in [0.29, 0.717) is 11.5 Å². The molecule has 0 bridgehead atoms. The summed E-state index contributed by atoms with van der Waals surface area (Å²) in [7, 11) is 0. The van der Waals surface area contributed by atoms with Crippen molar-refractivity contribution in [3.8, 4) is 0 Å². The predicted octanol–water partition coefficient (Wildman–Crippen LogP) is 5.01. The van der Waals surface area contributed by atoms with E-state index in [1.165, 1.54) is 51.4 Å². The van der Waals surface area contributed by atoms with Crippen LogP contribution in [0.25, 0.3) is 0 Å². The maximum Gasteiger partial charge on any atom is 0.0325 e. The molecule has 2 aliphatic rings. The average molecular weight is 271 g/mol. The Kier molecular flexibility index (Phi) is 4.16. The van der Waals surface area contributed by atoms with Crippen LogP contribution in [0.1, 0.15) is 76.0 Å². The van der Waals surface area contributed by atoms with Gasteiger partial charge in [-0.3, -0.25) is 0 Å². The lowest BCUT2D eigenvalue weighted by Crippen LogP contribution is -2.39. The molecule has 0 spiro atoms. The second kappa shape index (κ2) is 5.89. The van der Waals surface area contributed by atoms with E-state index in [1.54, 1.807) is 11.1 Å². The maximum atomic E-state index is 4.01. The number of rotatable bonds is 2. The van der Waals surface area contributed by atoms with Gasteiger partial charge in [-0.05, 0) is 55.1 Å². The molecule has 0 heterocycles. The zero-order valence-electron chi connectivity index (χ0n) is 13.1. The van der Waals surface area contributed by atoms with E-state index in [0.717, 1.165) is 6.04 Å². The summed E-state index contributed by atoms with van der Waals surface area (Å²) in [4.78, 5) is 0. The molecule has 1 N–H and O–H groups in total. The van der Waals surface area contributed by atoms with Crippen LogP contribution < -0.4 is 5.32 Å². The van der Waals surface area contributed by atoms with Gasteiger partial charge in [0.05, 0.1) is 0 Å². The van der Waals surface area contributed by atoms with Gasteiger partial charge in [-0.25, -0.2) is 0 Å². The van der Waals surface area contributed by atoms with E-state index in [1.807, 2.05) is 0 Å². The van der Waals surface area contributed by atoms with Gasteiger partial charge < -0.3 is 5.32 Å². The topological polar surface area (TPSA) is 12.0 Å². The third-order valence-electron chi connectivity index (χ3n) is 5.26. The summed E-state index contributed by atoms with van der Waals surface area (Å²) in [6.45, 7) is 4.86. The molecular formula is C19H29N. The fourth-order valence-electron chi connectivity index (χ4n) is 4.22. The molecule has 0 radical (unpaired) electrons. The molecule has 0 amide bonds. The standard InChI is InChI=1S/C19H29N/c1-19(2)13-7-10-16(14-19)20-18-12-6-4-9-15-8-3-5-11-17(15)18/h3,5,8,11,16,18,20H,4,6-7,9-10,12-14H2,1-2H3. The third-order valence-corrected chi connectivity index (χ3v) is 5.26. The van der Waals surface area contributed by atoms with Crippen molar-refractivity contribution in [1.29, 1.82) is 0 Å². The van der Waals surface area contributed by atoms with Crippen molar-refractivity contribution in [2.45, 2.75) is 77.3 Å². The largest absolute Gasteiger partial charge is 0.307 e. The minimum Gasteiger partial charge on any atom is -0.307 e. The van der Waals surface area contributed by atoms with Crippen molar-refractivity contribution in [1.82, 2.24) is 5.32 Å². The first kappa shape index (κ1) is 14.1. The number of nitrogens with one attached hydrogen (secondary N) is 1. The Hall–Kier alpha value is -0.820. The Bertz CT molecular complexity index is 449. The Morgan fingerprint density at radius 2 is 1.90 bits per heavy atom. The predicted molar refractivity (Wildman–Crippen MR) is 85.9 cm³/mol. The first-order valence-corrected chi connectivity index (χ1v) is 8.48. The van der Waals surface area contributed by atoms with Crippen molar-refractivity contribution in [2.75, 3.05) is 0 Å². The molecule has 1 heteroatoms. The minimum atomic E-state index is 0.528. The van der Waals surface area contributed by atoms with Crippen LogP contribution in [0.3, 0.4) is 0 Å². The van der Waals surface area contributed by atoms with Crippen LogP contribution >= 0.6 is 0 Å². The Labute approximate surface area is 124 Å². The van der Waals surface area contributed by atoms with Crippen molar-refractivity contribution < 1.29 is 0 Å². The van der Waals surface area contributed by atoms with Gasteiger partial charge in [-0.2, -0.15) is 0 Å². The molecule has 1 nitrogen and oxygen atoms in total. The molecule has 2 atom stereocenters. The fourth-order valence-corrected chi connectivity index (χ4v) is 4.22. The minimum absolute atomic E-state index is 0.528. The first-order valence-electron chi connectivity index (χ1n) is 8.48. The molecule has 20 heavy (non-hydrogen) atoms. The zero-order chi connectivity index (χ0) is 14.0. The van der Waals surface area contributed by atoms with E-state index < -0.39 is 0 Å². The van der Waals surface area contributed by atoms with Crippen molar-refractivity contribution in [3.05, 3.63) is 35.4 Å². The highest BCUT2D eigenvalue weighted by Crippen LogP contribution is 2.37. The normalized spacial score (nSPS) is 29.5. The molecule has 2 unspecified atom stereocenters. The van der Waals surface area contributed by atoms with Crippen molar-refractivity contribution in [3.63, 3.8) is 0 Å². The molecule has 1 aromatic rings. The highest BCUT2D eigenvalue weighted by molar-refractivity contribution is 5.31. The number of hydrogen-bond donors (Lipinski definition) is 1. The Morgan fingerprint density at radius 3 is 2.75 bits per heavy atom. The van der Waals surface area contributed by atoms with Crippen LogP contribution in [0.4, 0.5) is 0 Å². The highest BCUT2D eigenvalue weighted by atomic mass is 15.0. The zero-order valence-corrected chi connectivity index (χ0v) is 13.1. The molecule has 1 aromatic carbocycles. The van der Waals surface area contributed by atoms with E-state index >= 15 is 0 Å². The fraction of sp³-hybridized carbons (Fsp3) is 0.684. The average Bonchev–Trinajstić information content (AvgIpc) is 2.61. The Balaban J connectivity index is 1.73. The molecule has 3 rings (SSSR count). The van der Waals surface area contributed by atoms with Gasteiger partial charge in [-0.1, -0.05) is 51.0 Å². The van der Waals surface area contributed by atoms with Crippen LogP contribution in [-0.2, 0) is 6.42 Å². The molecule has 0 aromatic heterocycles. The van der Waals surface area contributed by atoms with Crippen molar-refractivity contribution in [2.24, 2.45) is 5.41 Å². The van der Waals surface area contributed by atoms with Crippen LogP contribution in [0, 0.1) is 5.41 Å². The summed E-state index contributed by atoms with van der Waals surface area (Å²) >= 11 is 0. The van der Waals surface area contributed by atoms with Crippen LogP contribution in [0.2, 0.25) is 0 Å². The van der Waals surface area contributed by atoms with Gasteiger partial charge in [0.1, 0.15) is 0 Å². The number of aryl methyl sites for hydroxylation is 1. The highest BCUT2D eigenvalue weighted by Gasteiger charge is 2.30. The van der Waals surface area contributed by atoms with Gasteiger partial charge in [0.2, 0.25) is 0 Å². The van der Waals surface area contributed by atoms with Gasteiger partial charge in [0, 0.05) is 12.1 Å². The second-order valence-corrected chi connectivity index (χ2v) is 7.62. The summed E-state index contributed by atoms with van der Waals surface area (Å²) in [5.74, 6) is 0. The SMILES string of the molecule is CC1(C)CCCC(NC2CCCCc3ccccc32)C1.